The van der Waals surface area contributed by atoms with Gasteiger partial charge in [-0.25, -0.2) is 0 Å². The van der Waals surface area contributed by atoms with E-state index in [9.17, 15) is 14.4 Å². The molecule has 1 atom stereocenters. The average Bonchev–Trinajstić information content (AvgIpc) is 3.28. The third kappa shape index (κ3) is 49.5. The van der Waals surface area contributed by atoms with Crippen molar-refractivity contribution in [3.05, 3.63) is 85.1 Å². The number of rotatable bonds is 46. The van der Waals surface area contributed by atoms with Crippen LogP contribution in [0.4, 0.5) is 0 Å². The summed E-state index contributed by atoms with van der Waals surface area (Å²) in [5.74, 6) is -0.980. The van der Waals surface area contributed by atoms with Gasteiger partial charge in [0.25, 0.3) is 0 Å². The molecule has 0 aromatic carbocycles. The molecule has 1 unspecified atom stereocenters. The molecular formula is C57H96O6. The predicted molar refractivity (Wildman–Crippen MR) is 270 cm³/mol. The number of hydrogen-bond acceptors (Lipinski definition) is 6. The summed E-state index contributed by atoms with van der Waals surface area (Å²) in [5.41, 5.74) is 0. The minimum atomic E-state index is -0.810. The molecule has 0 aliphatic heterocycles. The zero-order chi connectivity index (χ0) is 45.8. The Bertz CT molecular complexity index is 1240. The van der Waals surface area contributed by atoms with Gasteiger partial charge in [0.05, 0.1) is 0 Å². The fourth-order valence-corrected chi connectivity index (χ4v) is 7.01. The van der Waals surface area contributed by atoms with Gasteiger partial charge in [-0.05, 0) is 89.9 Å². The van der Waals surface area contributed by atoms with Gasteiger partial charge >= 0.3 is 17.9 Å². The first-order valence-electron chi connectivity index (χ1n) is 26.2. The minimum absolute atomic E-state index is 0.107. The molecule has 0 aliphatic carbocycles. The summed E-state index contributed by atoms with van der Waals surface area (Å²) >= 11 is 0. The van der Waals surface area contributed by atoms with Crippen molar-refractivity contribution in [2.75, 3.05) is 13.2 Å². The maximum atomic E-state index is 12.8. The Morgan fingerprint density at radius 3 is 0.984 bits per heavy atom. The second-order valence-corrected chi connectivity index (χ2v) is 17.2. The van der Waals surface area contributed by atoms with E-state index in [0.29, 0.717) is 12.8 Å². The molecule has 0 fully saturated rings. The first-order chi connectivity index (χ1) is 31.0. The van der Waals surface area contributed by atoms with Gasteiger partial charge in [-0.15, -0.1) is 0 Å². The summed E-state index contributed by atoms with van der Waals surface area (Å²) in [6, 6.07) is 0. The van der Waals surface area contributed by atoms with E-state index in [1.807, 2.05) is 0 Å². The zero-order valence-corrected chi connectivity index (χ0v) is 41.1. The Balaban J connectivity index is 4.50. The standard InChI is InChI=1S/C57H96O6/c1-4-7-10-13-16-19-22-25-27-29-32-35-38-41-44-47-50-56(59)62-53-54(52-61-55(58)49-46-43-40-37-34-31-24-21-18-15-12-9-6-3)63-57(60)51-48-45-42-39-36-33-30-28-26-23-20-17-14-11-8-5-2/h9,12,15,18,21,24,27-30,32-33,35-36,54H,4-8,10-11,13-14,16-17,19-20,22-23,25-26,31,34,37-53H2,1-3H3/b12-9-,18-15-,24-21-,29-27-,30-28-,35-32-,36-33-. The number of unbranched alkanes of at least 4 members (excludes halogenated alkanes) is 25. The number of carbonyl (C=O) groups excluding carboxylic acids is 3. The van der Waals surface area contributed by atoms with E-state index < -0.39 is 6.10 Å². The number of hydrogen-bond donors (Lipinski definition) is 0. The average molecular weight is 877 g/mol. The normalized spacial score (nSPS) is 12.7. The second kappa shape index (κ2) is 51.2. The molecule has 6 heteroatoms. The minimum Gasteiger partial charge on any atom is -0.462 e. The summed E-state index contributed by atoms with van der Waals surface area (Å²) in [6.07, 6.45) is 65.7. The van der Waals surface area contributed by atoms with Gasteiger partial charge in [0.1, 0.15) is 13.2 Å². The molecule has 0 saturated carbocycles. The lowest BCUT2D eigenvalue weighted by molar-refractivity contribution is -0.167. The summed E-state index contributed by atoms with van der Waals surface area (Å²) in [6.45, 7) is 6.43. The molecule has 360 valence electrons. The second-order valence-electron chi connectivity index (χ2n) is 17.2. The molecule has 0 bridgehead atoms. The van der Waals surface area contributed by atoms with Crippen LogP contribution in [0, 0.1) is 0 Å². The Kier molecular flexibility index (Phi) is 48.5. The van der Waals surface area contributed by atoms with E-state index in [2.05, 4.69) is 106 Å². The zero-order valence-electron chi connectivity index (χ0n) is 41.1. The van der Waals surface area contributed by atoms with E-state index in [4.69, 9.17) is 14.2 Å². The first-order valence-corrected chi connectivity index (χ1v) is 26.2. The molecule has 0 saturated heterocycles. The number of esters is 3. The lowest BCUT2D eigenvalue weighted by Crippen LogP contribution is -2.30. The van der Waals surface area contributed by atoms with Crippen LogP contribution in [-0.2, 0) is 28.6 Å². The lowest BCUT2D eigenvalue weighted by Gasteiger charge is -2.18. The molecule has 0 aromatic heterocycles. The van der Waals surface area contributed by atoms with Crippen molar-refractivity contribution in [3.8, 4) is 0 Å². The molecule has 0 rings (SSSR count). The van der Waals surface area contributed by atoms with Crippen LogP contribution < -0.4 is 0 Å². The summed E-state index contributed by atoms with van der Waals surface area (Å²) in [7, 11) is 0. The van der Waals surface area contributed by atoms with Crippen molar-refractivity contribution in [1.29, 1.82) is 0 Å². The van der Waals surface area contributed by atoms with E-state index in [1.54, 1.807) is 0 Å². The molecule has 0 heterocycles. The van der Waals surface area contributed by atoms with Crippen LogP contribution in [0.1, 0.15) is 239 Å². The summed E-state index contributed by atoms with van der Waals surface area (Å²) in [4.78, 5) is 38.0. The van der Waals surface area contributed by atoms with Crippen LogP contribution in [0.3, 0.4) is 0 Å². The highest BCUT2D eigenvalue weighted by Gasteiger charge is 2.19. The van der Waals surface area contributed by atoms with Crippen molar-refractivity contribution in [1.82, 2.24) is 0 Å². The van der Waals surface area contributed by atoms with Gasteiger partial charge in [-0.3, -0.25) is 14.4 Å². The van der Waals surface area contributed by atoms with E-state index in [1.165, 1.54) is 89.9 Å². The van der Waals surface area contributed by atoms with E-state index in [0.717, 1.165) is 109 Å². The fourth-order valence-electron chi connectivity index (χ4n) is 7.01. The van der Waals surface area contributed by atoms with Gasteiger partial charge in [0, 0.05) is 19.3 Å². The lowest BCUT2D eigenvalue weighted by atomic mass is 10.1. The largest absolute Gasteiger partial charge is 0.462 e. The van der Waals surface area contributed by atoms with E-state index in [-0.39, 0.29) is 37.5 Å². The van der Waals surface area contributed by atoms with Crippen LogP contribution in [0.5, 0.6) is 0 Å². The molecule has 0 radical (unpaired) electrons. The van der Waals surface area contributed by atoms with Gasteiger partial charge < -0.3 is 14.2 Å². The van der Waals surface area contributed by atoms with Gasteiger partial charge in [-0.1, -0.05) is 215 Å². The SMILES string of the molecule is CC\C=C/C=C\C=C/CCCCCCCC(=O)OCC(COC(=O)CCCCC/C=C\C=C/CCCCCCCCC)OC(=O)CCCCC/C=C\C=C/CCCCCCCCC. The number of carbonyl (C=O) groups is 3. The quantitative estimate of drug-likeness (QED) is 0.0262. The number of ether oxygens (including phenoxy) is 3. The predicted octanol–water partition coefficient (Wildman–Crippen LogP) is 17.2. The van der Waals surface area contributed by atoms with Gasteiger partial charge in [-0.2, -0.15) is 0 Å². The van der Waals surface area contributed by atoms with Crippen molar-refractivity contribution in [3.63, 3.8) is 0 Å². The maximum absolute atomic E-state index is 12.8. The van der Waals surface area contributed by atoms with Crippen LogP contribution in [0.2, 0.25) is 0 Å². The van der Waals surface area contributed by atoms with Crippen molar-refractivity contribution >= 4 is 17.9 Å². The molecule has 0 aromatic rings. The van der Waals surface area contributed by atoms with Gasteiger partial charge in [0.15, 0.2) is 6.10 Å². The highest BCUT2D eigenvalue weighted by atomic mass is 16.6. The topological polar surface area (TPSA) is 78.9 Å². The fraction of sp³-hybridized carbons (Fsp3) is 0.702. The third-order valence-electron chi connectivity index (χ3n) is 11.0. The summed E-state index contributed by atoms with van der Waals surface area (Å²) < 4.78 is 16.7. The Labute approximate surface area is 388 Å². The first kappa shape index (κ1) is 59.6. The Hall–Kier alpha value is -3.41. The highest BCUT2D eigenvalue weighted by Crippen LogP contribution is 2.13. The molecule has 63 heavy (non-hydrogen) atoms. The number of allylic oxidation sites excluding steroid dienone is 14. The molecule has 6 nitrogen and oxygen atoms in total. The van der Waals surface area contributed by atoms with Gasteiger partial charge in [0.2, 0.25) is 0 Å². The smallest absolute Gasteiger partial charge is 0.306 e. The monoisotopic (exact) mass is 877 g/mol. The van der Waals surface area contributed by atoms with Crippen LogP contribution in [0.15, 0.2) is 85.1 Å². The molecule has 0 aliphatic rings. The van der Waals surface area contributed by atoms with E-state index >= 15 is 0 Å². The molecular weight excluding hydrogens is 781 g/mol. The Morgan fingerprint density at radius 2 is 0.619 bits per heavy atom. The third-order valence-corrected chi connectivity index (χ3v) is 11.0. The molecule has 0 amide bonds. The molecule has 0 spiro atoms. The van der Waals surface area contributed by atoms with Crippen molar-refractivity contribution in [2.24, 2.45) is 0 Å². The Morgan fingerprint density at radius 1 is 0.333 bits per heavy atom. The van der Waals surface area contributed by atoms with Crippen LogP contribution >= 0.6 is 0 Å². The van der Waals surface area contributed by atoms with Crippen molar-refractivity contribution in [2.45, 2.75) is 245 Å². The van der Waals surface area contributed by atoms with Crippen LogP contribution in [-0.4, -0.2) is 37.2 Å². The highest BCUT2D eigenvalue weighted by molar-refractivity contribution is 5.71. The van der Waals surface area contributed by atoms with Crippen molar-refractivity contribution < 1.29 is 28.6 Å². The maximum Gasteiger partial charge on any atom is 0.306 e. The molecule has 0 N–H and O–H groups in total. The van der Waals surface area contributed by atoms with Crippen LogP contribution in [0.25, 0.3) is 0 Å². The summed E-state index contributed by atoms with van der Waals surface area (Å²) in [5, 5.41) is 0.